The summed E-state index contributed by atoms with van der Waals surface area (Å²) in [6.45, 7) is 4.25. The van der Waals surface area contributed by atoms with Crippen molar-refractivity contribution in [2.24, 2.45) is 5.92 Å². The number of rotatable bonds is 3. The molecule has 1 amide bonds. The van der Waals surface area contributed by atoms with Crippen LogP contribution >= 0.6 is 11.3 Å². The minimum atomic E-state index is -0.166. The van der Waals surface area contributed by atoms with Crippen molar-refractivity contribution in [2.45, 2.75) is 39.5 Å². The number of pyridine rings is 1. The number of carbonyl (C=O) groups excluding carboxylic acids is 1. The van der Waals surface area contributed by atoms with Gasteiger partial charge in [0.2, 0.25) is 0 Å². The molecular formula is C21H23N3OS. The highest BCUT2D eigenvalue weighted by Crippen LogP contribution is 2.37. The van der Waals surface area contributed by atoms with Crippen molar-refractivity contribution in [1.82, 2.24) is 4.98 Å². The predicted octanol–water partition coefficient (Wildman–Crippen LogP) is 4.95. The minimum Gasteiger partial charge on any atom is -0.397 e. The summed E-state index contributed by atoms with van der Waals surface area (Å²) < 4.78 is 0. The van der Waals surface area contributed by atoms with E-state index in [9.17, 15) is 4.79 Å². The predicted molar refractivity (Wildman–Crippen MR) is 109 cm³/mol. The molecule has 0 saturated heterocycles. The molecular weight excluding hydrogens is 342 g/mol. The first kappa shape index (κ1) is 17.0. The Balaban J connectivity index is 1.68. The molecule has 0 saturated carbocycles. The van der Waals surface area contributed by atoms with Crippen LogP contribution in [0.3, 0.4) is 0 Å². The van der Waals surface area contributed by atoms with Crippen molar-refractivity contribution in [3.05, 3.63) is 52.0 Å². The molecule has 2 aromatic heterocycles. The van der Waals surface area contributed by atoms with E-state index in [0.717, 1.165) is 40.2 Å². The van der Waals surface area contributed by atoms with Crippen LogP contribution < -0.4 is 11.1 Å². The van der Waals surface area contributed by atoms with Gasteiger partial charge in [0, 0.05) is 16.8 Å². The van der Waals surface area contributed by atoms with Crippen molar-refractivity contribution in [3.8, 4) is 0 Å². The molecule has 1 aromatic carbocycles. The molecule has 1 atom stereocenters. The van der Waals surface area contributed by atoms with Crippen molar-refractivity contribution >= 4 is 38.8 Å². The van der Waals surface area contributed by atoms with E-state index >= 15 is 0 Å². The van der Waals surface area contributed by atoms with E-state index in [2.05, 4.69) is 18.3 Å². The molecule has 3 N–H and O–H groups in total. The fourth-order valence-electron chi connectivity index (χ4n) is 3.69. The maximum Gasteiger partial charge on any atom is 0.267 e. The summed E-state index contributed by atoms with van der Waals surface area (Å²) in [5, 5.41) is 3.87. The third-order valence-electron chi connectivity index (χ3n) is 5.25. The van der Waals surface area contributed by atoms with Gasteiger partial charge in [0.25, 0.3) is 5.91 Å². The number of nitrogen functional groups attached to an aromatic ring is 1. The van der Waals surface area contributed by atoms with Gasteiger partial charge in [0.1, 0.15) is 9.71 Å². The number of anilines is 2. The average Bonchev–Trinajstić information content (AvgIpc) is 2.95. The standard InChI is InChI=1S/C21H23N3OS/c1-3-13-7-8-17-14(10-13)11-16-18(22)19(26-21(16)24-17)20(25)23-15-6-4-5-12(2)9-15/h4-6,9,11,13H,3,7-8,10,22H2,1-2H3,(H,23,25)/t13-/m1/s1. The molecule has 0 bridgehead atoms. The molecule has 4 nitrogen and oxygen atoms in total. The summed E-state index contributed by atoms with van der Waals surface area (Å²) in [6.07, 6.45) is 4.48. The highest BCUT2D eigenvalue weighted by molar-refractivity contribution is 7.21. The van der Waals surface area contributed by atoms with Crippen LogP contribution in [-0.4, -0.2) is 10.9 Å². The molecule has 0 radical (unpaired) electrons. The van der Waals surface area contributed by atoms with Gasteiger partial charge in [-0.2, -0.15) is 0 Å². The Labute approximate surface area is 157 Å². The summed E-state index contributed by atoms with van der Waals surface area (Å²) in [5.74, 6) is 0.561. The lowest BCUT2D eigenvalue weighted by molar-refractivity contribution is 0.103. The maximum absolute atomic E-state index is 12.7. The van der Waals surface area contributed by atoms with Crippen LogP contribution in [0, 0.1) is 12.8 Å². The van der Waals surface area contributed by atoms with Crippen molar-refractivity contribution in [1.29, 1.82) is 0 Å². The smallest absolute Gasteiger partial charge is 0.267 e. The number of hydrogen-bond acceptors (Lipinski definition) is 4. The van der Waals surface area contributed by atoms with E-state index in [1.54, 1.807) is 0 Å². The van der Waals surface area contributed by atoms with Gasteiger partial charge in [0.05, 0.1) is 5.69 Å². The number of amides is 1. The molecule has 0 unspecified atom stereocenters. The Bertz CT molecular complexity index is 992. The molecule has 4 rings (SSSR count). The second-order valence-corrected chi connectivity index (χ2v) is 8.13. The Hall–Kier alpha value is -2.40. The van der Waals surface area contributed by atoms with Crippen molar-refractivity contribution < 1.29 is 4.79 Å². The molecule has 1 aliphatic carbocycles. The first-order valence-electron chi connectivity index (χ1n) is 9.14. The van der Waals surface area contributed by atoms with Gasteiger partial charge in [-0.1, -0.05) is 25.5 Å². The number of carbonyl (C=O) groups is 1. The minimum absolute atomic E-state index is 0.166. The fraction of sp³-hybridized carbons (Fsp3) is 0.333. The van der Waals surface area contributed by atoms with Gasteiger partial charge in [-0.05, 0) is 61.4 Å². The third-order valence-corrected chi connectivity index (χ3v) is 6.36. The SMILES string of the molecule is CC[C@@H]1CCc2nc3sc(C(=O)Nc4cccc(C)c4)c(N)c3cc2C1. The van der Waals surface area contributed by atoms with Gasteiger partial charge in [-0.15, -0.1) is 11.3 Å². The quantitative estimate of drug-likeness (QED) is 0.690. The number of benzene rings is 1. The number of aromatic nitrogens is 1. The number of nitrogens with zero attached hydrogens (tertiary/aromatic N) is 1. The topological polar surface area (TPSA) is 68.0 Å². The fourth-order valence-corrected chi connectivity index (χ4v) is 4.69. The number of nitrogens with two attached hydrogens (primary N) is 1. The highest BCUT2D eigenvalue weighted by Gasteiger charge is 2.23. The van der Waals surface area contributed by atoms with Gasteiger partial charge in [-0.25, -0.2) is 4.98 Å². The van der Waals surface area contributed by atoms with Gasteiger partial charge < -0.3 is 11.1 Å². The van der Waals surface area contributed by atoms with Crippen molar-refractivity contribution in [3.63, 3.8) is 0 Å². The van der Waals surface area contributed by atoms with Gasteiger partial charge in [0.15, 0.2) is 0 Å². The summed E-state index contributed by atoms with van der Waals surface area (Å²) in [4.78, 5) is 19.0. The van der Waals surface area contributed by atoms with E-state index in [1.165, 1.54) is 35.4 Å². The number of nitrogens with one attached hydrogen (secondary N) is 1. The lowest BCUT2D eigenvalue weighted by Gasteiger charge is -2.22. The van der Waals surface area contributed by atoms with Crippen LogP contribution in [0.1, 0.15) is 46.3 Å². The second-order valence-electron chi connectivity index (χ2n) is 7.13. The number of fused-ring (bicyclic) bond motifs is 2. The Morgan fingerprint density at radius 2 is 2.23 bits per heavy atom. The summed E-state index contributed by atoms with van der Waals surface area (Å²) in [6, 6.07) is 9.93. The number of thiophene rings is 1. The zero-order valence-corrected chi connectivity index (χ0v) is 16.0. The van der Waals surface area contributed by atoms with E-state index in [0.29, 0.717) is 10.6 Å². The van der Waals surface area contributed by atoms with Gasteiger partial charge in [-0.3, -0.25) is 4.79 Å². The molecule has 2 heterocycles. The molecule has 0 aliphatic heterocycles. The van der Waals surface area contributed by atoms with Crippen LogP contribution in [0.25, 0.3) is 10.2 Å². The van der Waals surface area contributed by atoms with E-state index in [1.807, 2.05) is 31.2 Å². The Morgan fingerprint density at radius 3 is 3.00 bits per heavy atom. The zero-order valence-electron chi connectivity index (χ0n) is 15.1. The second kappa shape index (κ2) is 6.72. The van der Waals surface area contributed by atoms with Crippen LogP contribution in [0.15, 0.2) is 30.3 Å². The first-order chi connectivity index (χ1) is 12.5. The van der Waals surface area contributed by atoms with Gasteiger partial charge >= 0.3 is 0 Å². The maximum atomic E-state index is 12.7. The largest absolute Gasteiger partial charge is 0.397 e. The van der Waals surface area contributed by atoms with Crippen LogP contribution in [0.5, 0.6) is 0 Å². The lowest BCUT2D eigenvalue weighted by atomic mass is 9.85. The third kappa shape index (κ3) is 3.07. The lowest BCUT2D eigenvalue weighted by Crippen LogP contribution is -2.14. The molecule has 0 fully saturated rings. The van der Waals surface area contributed by atoms with Crippen LogP contribution in [0.4, 0.5) is 11.4 Å². The van der Waals surface area contributed by atoms with Crippen LogP contribution in [0.2, 0.25) is 0 Å². The summed E-state index contributed by atoms with van der Waals surface area (Å²) in [7, 11) is 0. The number of hydrogen-bond donors (Lipinski definition) is 2. The summed E-state index contributed by atoms with van der Waals surface area (Å²) in [5.41, 5.74) is 11.2. The molecule has 3 aromatic rings. The molecule has 5 heteroatoms. The van der Waals surface area contributed by atoms with E-state index in [4.69, 9.17) is 10.7 Å². The zero-order chi connectivity index (χ0) is 18.3. The van der Waals surface area contributed by atoms with E-state index < -0.39 is 0 Å². The van der Waals surface area contributed by atoms with Crippen molar-refractivity contribution in [2.75, 3.05) is 11.1 Å². The normalized spacial score (nSPS) is 16.5. The number of aryl methyl sites for hydroxylation is 2. The van der Waals surface area contributed by atoms with E-state index in [-0.39, 0.29) is 5.91 Å². The van der Waals surface area contributed by atoms with Crippen LogP contribution in [-0.2, 0) is 12.8 Å². The average molecular weight is 366 g/mol. The molecule has 1 aliphatic rings. The highest BCUT2D eigenvalue weighted by atomic mass is 32.1. The molecule has 134 valence electrons. The Kier molecular flexibility index (Phi) is 4.41. The molecule has 0 spiro atoms. The monoisotopic (exact) mass is 365 g/mol. The summed E-state index contributed by atoms with van der Waals surface area (Å²) >= 11 is 1.39. The molecule has 26 heavy (non-hydrogen) atoms. The Morgan fingerprint density at radius 1 is 1.38 bits per heavy atom. The first-order valence-corrected chi connectivity index (χ1v) is 9.95.